The maximum Gasteiger partial charge on any atom is 0.327 e. The summed E-state index contributed by atoms with van der Waals surface area (Å²) in [5, 5.41) is 9.61. The smallest absolute Gasteiger partial charge is 0.327 e. The van der Waals surface area contributed by atoms with E-state index in [1.54, 1.807) is 38.1 Å². The Morgan fingerprint density at radius 1 is 1.10 bits per heavy atom. The van der Waals surface area contributed by atoms with Gasteiger partial charge in [0.15, 0.2) is 5.69 Å². The lowest BCUT2D eigenvalue weighted by Crippen LogP contribution is -2.49. The van der Waals surface area contributed by atoms with Crippen molar-refractivity contribution in [2.24, 2.45) is 0 Å². The molecule has 110 valence electrons. The third kappa shape index (κ3) is 3.35. The van der Waals surface area contributed by atoms with E-state index in [4.69, 9.17) is 0 Å². The number of carbonyl (C=O) groups excluding carboxylic acids is 3. The van der Waals surface area contributed by atoms with Crippen molar-refractivity contribution in [3.8, 4) is 0 Å². The molecule has 0 atom stereocenters. The fourth-order valence-electron chi connectivity index (χ4n) is 1.69. The van der Waals surface area contributed by atoms with Gasteiger partial charge in [-0.25, -0.2) is 0 Å². The monoisotopic (exact) mass is 289 g/mol. The average Bonchev–Trinajstić information content (AvgIpc) is 2.87. The molecule has 0 spiro atoms. The van der Waals surface area contributed by atoms with Crippen LogP contribution in [0.3, 0.4) is 0 Å². The van der Waals surface area contributed by atoms with Gasteiger partial charge in [0, 0.05) is 11.4 Å². The number of hydrogen-bond acceptors (Lipinski definition) is 4. The predicted octanol–water partition coefficient (Wildman–Crippen LogP) is -0.151. The molecule has 0 aliphatic carbocycles. The van der Waals surface area contributed by atoms with E-state index < -0.39 is 17.7 Å². The average molecular weight is 289 g/mol. The normalized spacial score (nSPS) is 10.4. The van der Waals surface area contributed by atoms with Gasteiger partial charge in [0.25, 0.3) is 5.91 Å². The number of benzene rings is 1. The molecule has 1 heterocycles. The van der Waals surface area contributed by atoms with Gasteiger partial charge in [-0.3, -0.25) is 30.3 Å². The van der Waals surface area contributed by atoms with Gasteiger partial charge in [0.1, 0.15) is 0 Å². The number of amides is 3. The first-order chi connectivity index (χ1) is 9.99. The third-order valence-corrected chi connectivity index (χ3v) is 2.60. The third-order valence-electron chi connectivity index (χ3n) is 2.60. The minimum absolute atomic E-state index is 0.134. The van der Waals surface area contributed by atoms with Crippen LogP contribution in [0, 0.1) is 0 Å². The van der Waals surface area contributed by atoms with E-state index in [0.717, 1.165) is 0 Å². The number of hydrogen-bond donors (Lipinski definition) is 4. The summed E-state index contributed by atoms with van der Waals surface area (Å²) in [6.07, 6.45) is 0. The molecule has 2 aromatic rings. The molecule has 3 amide bonds. The van der Waals surface area contributed by atoms with Crippen LogP contribution in [0.25, 0.3) is 10.9 Å². The van der Waals surface area contributed by atoms with Crippen molar-refractivity contribution in [1.82, 2.24) is 26.4 Å². The van der Waals surface area contributed by atoms with Gasteiger partial charge in [-0.15, -0.1) is 0 Å². The first-order valence-corrected chi connectivity index (χ1v) is 6.33. The molecule has 8 heteroatoms. The number of fused-ring (bicyclic) bond motifs is 1. The molecule has 0 saturated carbocycles. The Kier molecular flexibility index (Phi) is 4.17. The van der Waals surface area contributed by atoms with Gasteiger partial charge >= 0.3 is 11.8 Å². The highest BCUT2D eigenvalue weighted by atomic mass is 16.2. The van der Waals surface area contributed by atoms with Gasteiger partial charge in [-0.2, -0.15) is 5.10 Å². The maximum atomic E-state index is 11.9. The second-order valence-electron chi connectivity index (χ2n) is 4.65. The van der Waals surface area contributed by atoms with Crippen LogP contribution < -0.4 is 16.2 Å². The van der Waals surface area contributed by atoms with Crippen molar-refractivity contribution >= 4 is 28.6 Å². The van der Waals surface area contributed by atoms with E-state index >= 15 is 0 Å². The number of nitrogens with one attached hydrogen (secondary N) is 4. The zero-order valence-corrected chi connectivity index (χ0v) is 11.6. The molecule has 0 aliphatic heterocycles. The lowest BCUT2D eigenvalue weighted by Gasteiger charge is -2.09. The number of carbonyl (C=O) groups is 3. The quantitative estimate of drug-likeness (QED) is 0.454. The number of H-pyrrole nitrogens is 1. The largest absolute Gasteiger partial charge is 0.346 e. The standard InChI is InChI=1S/C13H15N5O3/c1-7(2)14-12(20)13(21)18-17-11(19)10-8-5-3-4-6-9(8)15-16-10/h3-7H,1-2H3,(H,14,20)(H,15,16)(H,17,19)(H,18,21). The lowest BCUT2D eigenvalue weighted by molar-refractivity contribution is -0.139. The SMILES string of the molecule is CC(C)NC(=O)C(=O)NNC(=O)c1n[nH]c2ccccc12. The molecule has 0 unspecified atom stereocenters. The Hall–Kier alpha value is -2.90. The number of aromatic amines is 1. The van der Waals surface area contributed by atoms with E-state index in [1.165, 1.54) is 0 Å². The highest BCUT2D eigenvalue weighted by Crippen LogP contribution is 2.14. The van der Waals surface area contributed by atoms with Crippen LogP contribution >= 0.6 is 0 Å². The van der Waals surface area contributed by atoms with Gasteiger partial charge in [-0.05, 0) is 19.9 Å². The summed E-state index contributed by atoms with van der Waals surface area (Å²) in [6.45, 7) is 3.44. The molecule has 0 saturated heterocycles. The van der Waals surface area contributed by atoms with E-state index in [9.17, 15) is 14.4 Å². The minimum atomic E-state index is -0.947. The number of para-hydroxylation sites is 1. The zero-order valence-electron chi connectivity index (χ0n) is 11.6. The molecule has 2 rings (SSSR count). The molecule has 0 bridgehead atoms. The Bertz CT molecular complexity index is 692. The molecular weight excluding hydrogens is 274 g/mol. The van der Waals surface area contributed by atoms with Crippen LogP contribution in [0.4, 0.5) is 0 Å². The van der Waals surface area contributed by atoms with E-state index in [1.807, 2.05) is 5.43 Å². The summed E-state index contributed by atoms with van der Waals surface area (Å²) < 4.78 is 0. The number of hydrazine groups is 1. The van der Waals surface area contributed by atoms with Crippen LogP contribution in [-0.4, -0.2) is 34.0 Å². The molecule has 21 heavy (non-hydrogen) atoms. The highest BCUT2D eigenvalue weighted by molar-refractivity contribution is 6.35. The second kappa shape index (κ2) is 6.04. The molecule has 1 aromatic heterocycles. The van der Waals surface area contributed by atoms with Crippen molar-refractivity contribution < 1.29 is 14.4 Å². The van der Waals surface area contributed by atoms with Crippen molar-refractivity contribution in [2.75, 3.05) is 0 Å². The summed E-state index contributed by atoms with van der Waals surface area (Å²) >= 11 is 0. The van der Waals surface area contributed by atoms with Gasteiger partial charge < -0.3 is 5.32 Å². The van der Waals surface area contributed by atoms with Crippen LogP contribution in [-0.2, 0) is 9.59 Å². The fourth-order valence-corrected chi connectivity index (χ4v) is 1.69. The summed E-state index contributed by atoms with van der Waals surface area (Å²) in [5.74, 6) is -2.38. The number of aromatic nitrogens is 2. The number of rotatable bonds is 2. The molecule has 0 aliphatic rings. The molecule has 0 fully saturated rings. The Balaban J connectivity index is 1.99. The van der Waals surface area contributed by atoms with Crippen molar-refractivity contribution in [3.63, 3.8) is 0 Å². The van der Waals surface area contributed by atoms with Crippen LogP contribution in [0.5, 0.6) is 0 Å². The van der Waals surface area contributed by atoms with Gasteiger partial charge in [-0.1, -0.05) is 18.2 Å². The van der Waals surface area contributed by atoms with E-state index in [0.29, 0.717) is 10.9 Å². The maximum absolute atomic E-state index is 11.9. The topological polar surface area (TPSA) is 116 Å². The summed E-state index contributed by atoms with van der Waals surface area (Å²) in [4.78, 5) is 34.7. The summed E-state index contributed by atoms with van der Waals surface area (Å²) in [7, 11) is 0. The van der Waals surface area contributed by atoms with E-state index in [-0.39, 0.29) is 11.7 Å². The first-order valence-electron chi connectivity index (χ1n) is 6.33. The molecule has 0 radical (unpaired) electrons. The van der Waals surface area contributed by atoms with Gasteiger partial charge in [0.2, 0.25) is 0 Å². The zero-order chi connectivity index (χ0) is 15.4. The molecule has 1 aromatic carbocycles. The Labute approximate surface area is 120 Å². The second-order valence-corrected chi connectivity index (χ2v) is 4.65. The first kappa shape index (κ1) is 14.5. The van der Waals surface area contributed by atoms with Crippen molar-refractivity contribution in [1.29, 1.82) is 0 Å². The van der Waals surface area contributed by atoms with E-state index in [2.05, 4.69) is 20.9 Å². The van der Waals surface area contributed by atoms with Crippen LogP contribution in [0.1, 0.15) is 24.3 Å². The Morgan fingerprint density at radius 2 is 1.81 bits per heavy atom. The minimum Gasteiger partial charge on any atom is -0.346 e. The molecule has 8 nitrogen and oxygen atoms in total. The fraction of sp³-hybridized carbons (Fsp3) is 0.231. The van der Waals surface area contributed by atoms with Crippen molar-refractivity contribution in [2.45, 2.75) is 19.9 Å². The van der Waals surface area contributed by atoms with Gasteiger partial charge in [0.05, 0.1) is 5.52 Å². The Morgan fingerprint density at radius 3 is 2.52 bits per heavy atom. The van der Waals surface area contributed by atoms with Crippen molar-refractivity contribution in [3.05, 3.63) is 30.0 Å². The molecular formula is C13H15N5O3. The summed E-state index contributed by atoms with van der Waals surface area (Å²) in [5.41, 5.74) is 5.02. The highest BCUT2D eigenvalue weighted by Gasteiger charge is 2.17. The number of nitrogens with zero attached hydrogens (tertiary/aromatic N) is 1. The van der Waals surface area contributed by atoms with Crippen LogP contribution in [0.2, 0.25) is 0 Å². The van der Waals surface area contributed by atoms with Crippen LogP contribution in [0.15, 0.2) is 24.3 Å². The lowest BCUT2D eigenvalue weighted by atomic mass is 10.2. The predicted molar refractivity (Wildman–Crippen MR) is 75.0 cm³/mol. The summed E-state index contributed by atoms with van der Waals surface area (Å²) in [6, 6.07) is 6.90. The molecule has 4 N–H and O–H groups in total.